The van der Waals surface area contributed by atoms with Gasteiger partial charge >= 0.3 is 0 Å². The zero-order valence-corrected chi connectivity index (χ0v) is 17.1. The average molecular weight is 434 g/mol. The third-order valence-electron chi connectivity index (χ3n) is 3.93. The summed E-state index contributed by atoms with van der Waals surface area (Å²) in [5.74, 6) is 0. The first-order valence-corrected chi connectivity index (χ1v) is 12.0. The predicted octanol–water partition coefficient (Wildman–Crippen LogP) is 2.12. The van der Waals surface area contributed by atoms with E-state index in [1.807, 2.05) is 0 Å². The fourth-order valence-electron chi connectivity index (χ4n) is 2.66. The fraction of sp³-hybridized carbons (Fsp3) is 0.111. The predicted molar refractivity (Wildman–Crippen MR) is 110 cm³/mol. The van der Waals surface area contributed by atoms with E-state index in [1.165, 1.54) is 23.0 Å². The lowest BCUT2D eigenvalue weighted by Crippen LogP contribution is -2.09. The number of benzene rings is 2. The van der Waals surface area contributed by atoms with Crippen LogP contribution in [-0.4, -0.2) is 50.5 Å². The van der Waals surface area contributed by atoms with Gasteiger partial charge in [0.05, 0.1) is 23.1 Å². The molecule has 0 amide bonds. The number of hydrogen-bond donors (Lipinski definition) is 2. The molecule has 11 heteroatoms. The molecule has 3 aromatic rings. The molecule has 0 aliphatic rings. The highest BCUT2D eigenvalue weighted by Crippen LogP contribution is 2.25. The summed E-state index contributed by atoms with van der Waals surface area (Å²) in [5, 5.41) is 16.5. The molecule has 0 aliphatic carbocycles. The van der Waals surface area contributed by atoms with Gasteiger partial charge in [0.1, 0.15) is 5.69 Å². The van der Waals surface area contributed by atoms with Gasteiger partial charge in [-0.1, -0.05) is 17.3 Å². The van der Waals surface area contributed by atoms with Gasteiger partial charge < -0.3 is 5.21 Å². The normalized spacial score (nSPS) is 12.3. The Hall–Kier alpha value is -3.18. The van der Waals surface area contributed by atoms with Gasteiger partial charge in [0, 0.05) is 29.3 Å². The number of oxime groups is 1. The van der Waals surface area contributed by atoms with Crippen molar-refractivity contribution in [3.63, 3.8) is 0 Å². The van der Waals surface area contributed by atoms with Crippen LogP contribution in [-0.2, 0) is 19.9 Å². The molecule has 0 saturated carbocycles. The van der Waals surface area contributed by atoms with E-state index in [-0.39, 0.29) is 4.90 Å². The number of nitrogens with one attached hydrogen (secondary N) is 1. The molecule has 0 aliphatic heterocycles. The number of hydrogen-bond acceptors (Lipinski definition) is 7. The van der Waals surface area contributed by atoms with E-state index in [9.17, 15) is 16.8 Å². The van der Waals surface area contributed by atoms with Crippen LogP contribution >= 0.6 is 0 Å². The monoisotopic (exact) mass is 434 g/mol. The van der Waals surface area contributed by atoms with E-state index in [2.05, 4.69) is 15.0 Å². The number of aromatic nitrogens is 2. The minimum Gasteiger partial charge on any atom is -0.411 e. The Balaban J connectivity index is 1.99. The SMILES string of the molecule is CS(=O)(=O)Nc1ccc(-c2nn(-c3ccc(S(C)(=O)=O)cc3)cc2/C=N/O)cc1. The van der Waals surface area contributed by atoms with Gasteiger partial charge in [0.2, 0.25) is 10.0 Å². The van der Waals surface area contributed by atoms with Gasteiger partial charge in [-0.2, -0.15) is 5.10 Å². The van der Waals surface area contributed by atoms with E-state index >= 15 is 0 Å². The molecule has 3 rings (SSSR count). The molecule has 29 heavy (non-hydrogen) atoms. The van der Waals surface area contributed by atoms with Gasteiger partial charge in [-0.15, -0.1) is 0 Å². The zero-order valence-electron chi connectivity index (χ0n) is 15.5. The molecular formula is C18H18N4O5S2. The standard InChI is InChI=1S/C18H18N4O5S2/c1-28(24,25)17-9-7-16(8-10-17)22-12-14(11-19-23)18(20-22)13-3-5-15(6-4-13)21-29(2,26)27/h3-12,21,23H,1-2H3/b19-11+. The molecule has 0 atom stereocenters. The zero-order chi connectivity index (χ0) is 21.2. The van der Waals surface area contributed by atoms with Gasteiger partial charge in [-0.25, -0.2) is 21.5 Å². The first-order chi connectivity index (χ1) is 13.6. The second kappa shape index (κ2) is 7.68. The van der Waals surface area contributed by atoms with Crippen LogP contribution in [0.15, 0.2) is 64.8 Å². The number of sulfonamides is 1. The van der Waals surface area contributed by atoms with Crippen molar-refractivity contribution < 1.29 is 22.0 Å². The molecule has 2 N–H and O–H groups in total. The van der Waals surface area contributed by atoms with Crippen LogP contribution in [0.2, 0.25) is 0 Å². The molecule has 2 aromatic carbocycles. The van der Waals surface area contributed by atoms with Gasteiger partial charge in [0.25, 0.3) is 0 Å². The highest BCUT2D eigenvalue weighted by molar-refractivity contribution is 7.92. The maximum Gasteiger partial charge on any atom is 0.229 e. The smallest absolute Gasteiger partial charge is 0.229 e. The maximum absolute atomic E-state index is 11.6. The van der Waals surface area contributed by atoms with Crippen molar-refractivity contribution in [3.8, 4) is 16.9 Å². The largest absolute Gasteiger partial charge is 0.411 e. The molecule has 1 aromatic heterocycles. The lowest BCUT2D eigenvalue weighted by molar-refractivity contribution is 0.322. The van der Waals surface area contributed by atoms with Crippen LogP contribution in [0.1, 0.15) is 5.56 Å². The van der Waals surface area contributed by atoms with Crippen molar-refractivity contribution in [3.05, 3.63) is 60.3 Å². The number of sulfone groups is 1. The van der Waals surface area contributed by atoms with E-state index in [0.29, 0.717) is 28.2 Å². The minimum absolute atomic E-state index is 0.194. The lowest BCUT2D eigenvalue weighted by atomic mass is 10.1. The third kappa shape index (κ3) is 5.00. The molecule has 0 bridgehead atoms. The molecular weight excluding hydrogens is 416 g/mol. The Bertz CT molecular complexity index is 1260. The van der Waals surface area contributed by atoms with Crippen molar-refractivity contribution >= 4 is 31.8 Å². The molecule has 152 valence electrons. The molecule has 0 spiro atoms. The van der Waals surface area contributed by atoms with Crippen LogP contribution in [0.4, 0.5) is 5.69 Å². The number of rotatable bonds is 6. The highest BCUT2D eigenvalue weighted by Gasteiger charge is 2.13. The summed E-state index contributed by atoms with van der Waals surface area (Å²) in [4.78, 5) is 0.194. The van der Waals surface area contributed by atoms with Crippen molar-refractivity contribution in [1.82, 2.24) is 9.78 Å². The Morgan fingerprint density at radius 3 is 2.14 bits per heavy atom. The second-order valence-corrected chi connectivity index (χ2v) is 10.1. The van der Waals surface area contributed by atoms with Gasteiger partial charge in [0.15, 0.2) is 9.84 Å². The molecule has 9 nitrogen and oxygen atoms in total. The second-order valence-electron chi connectivity index (χ2n) is 6.34. The van der Waals surface area contributed by atoms with Crippen LogP contribution in [0.25, 0.3) is 16.9 Å². The molecule has 1 heterocycles. The van der Waals surface area contributed by atoms with Crippen molar-refractivity contribution in [2.24, 2.45) is 5.16 Å². The topological polar surface area (TPSA) is 131 Å². The number of anilines is 1. The molecule has 0 radical (unpaired) electrons. The fourth-order valence-corrected chi connectivity index (χ4v) is 3.85. The summed E-state index contributed by atoms with van der Waals surface area (Å²) >= 11 is 0. The third-order valence-corrected chi connectivity index (χ3v) is 5.67. The molecule has 0 fully saturated rings. The first kappa shape index (κ1) is 20.6. The van der Waals surface area contributed by atoms with Crippen molar-refractivity contribution in [2.45, 2.75) is 4.90 Å². The number of nitrogens with zero attached hydrogens (tertiary/aromatic N) is 3. The summed E-state index contributed by atoms with van der Waals surface area (Å²) in [7, 11) is -6.69. The van der Waals surface area contributed by atoms with Crippen LogP contribution in [0, 0.1) is 0 Å². The van der Waals surface area contributed by atoms with Gasteiger partial charge in [-0.05, 0) is 36.4 Å². The van der Waals surface area contributed by atoms with Crippen LogP contribution in [0.3, 0.4) is 0 Å². The average Bonchev–Trinajstić information content (AvgIpc) is 3.05. The Morgan fingerprint density at radius 1 is 1.00 bits per heavy atom. The van der Waals surface area contributed by atoms with E-state index in [1.54, 1.807) is 42.6 Å². The summed E-state index contributed by atoms with van der Waals surface area (Å²) < 4.78 is 49.8. The Morgan fingerprint density at radius 2 is 1.62 bits per heavy atom. The molecule has 0 saturated heterocycles. The molecule has 0 unspecified atom stereocenters. The summed E-state index contributed by atoms with van der Waals surface area (Å²) in [6.45, 7) is 0. The maximum atomic E-state index is 11.6. The highest BCUT2D eigenvalue weighted by atomic mass is 32.2. The van der Waals surface area contributed by atoms with Crippen LogP contribution in [0.5, 0.6) is 0 Å². The van der Waals surface area contributed by atoms with E-state index < -0.39 is 19.9 Å². The lowest BCUT2D eigenvalue weighted by Gasteiger charge is -2.05. The first-order valence-electron chi connectivity index (χ1n) is 8.23. The minimum atomic E-state index is -3.38. The Labute approximate surface area is 168 Å². The van der Waals surface area contributed by atoms with Crippen molar-refractivity contribution in [2.75, 3.05) is 17.2 Å². The summed E-state index contributed by atoms with van der Waals surface area (Å²) in [6.07, 6.45) is 5.05. The van der Waals surface area contributed by atoms with E-state index in [0.717, 1.165) is 12.5 Å². The quantitative estimate of drug-likeness (QED) is 0.347. The summed E-state index contributed by atoms with van der Waals surface area (Å²) in [6, 6.07) is 12.8. The van der Waals surface area contributed by atoms with Gasteiger partial charge in [-0.3, -0.25) is 4.72 Å². The van der Waals surface area contributed by atoms with Crippen molar-refractivity contribution in [1.29, 1.82) is 0 Å². The Kier molecular flexibility index (Phi) is 5.44. The van der Waals surface area contributed by atoms with E-state index in [4.69, 9.17) is 5.21 Å². The van der Waals surface area contributed by atoms with Crippen LogP contribution < -0.4 is 4.72 Å². The summed E-state index contributed by atoms with van der Waals surface area (Å²) in [5.41, 5.74) is 2.71.